The summed E-state index contributed by atoms with van der Waals surface area (Å²) in [7, 11) is 0. The van der Waals surface area contributed by atoms with Gasteiger partial charge in [-0.05, 0) is 43.3 Å². The fraction of sp³-hybridized carbons (Fsp3) is 0.0526. The molecule has 0 aliphatic carbocycles. The number of benzene rings is 2. The third-order valence-electron chi connectivity index (χ3n) is 3.49. The second-order valence-corrected chi connectivity index (χ2v) is 5.32. The Hall–Kier alpha value is -3.21. The van der Waals surface area contributed by atoms with E-state index in [2.05, 4.69) is 15.6 Å². The summed E-state index contributed by atoms with van der Waals surface area (Å²) < 4.78 is 13.8. The first-order valence-corrected chi connectivity index (χ1v) is 7.48. The molecule has 0 saturated carbocycles. The quantitative estimate of drug-likeness (QED) is 0.742. The molecule has 24 heavy (non-hydrogen) atoms. The van der Waals surface area contributed by atoms with Gasteiger partial charge in [-0.1, -0.05) is 29.8 Å². The van der Waals surface area contributed by atoms with Crippen LogP contribution in [0.1, 0.15) is 15.9 Å². The highest BCUT2D eigenvalue weighted by molar-refractivity contribution is 6.07. The van der Waals surface area contributed by atoms with Crippen molar-refractivity contribution in [3.05, 3.63) is 83.8 Å². The lowest BCUT2D eigenvalue weighted by atomic mass is 10.2. The average Bonchev–Trinajstić information content (AvgIpc) is 2.59. The first kappa shape index (κ1) is 15.7. The normalized spacial score (nSPS) is 10.2. The van der Waals surface area contributed by atoms with E-state index in [0.717, 1.165) is 5.56 Å². The molecule has 1 amide bonds. The van der Waals surface area contributed by atoms with Gasteiger partial charge in [0.15, 0.2) is 0 Å². The third kappa shape index (κ3) is 3.57. The molecule has 2 aromatic carbocycles. The fourth-order valence-corrected chi connectivity index (χ4v) is 2.21. The molecule has 1 heterocycles. The molecule has 0 unspecified atom stereocenters. The number of nitrogens with zero attached hydrogens (tertiary/aromatic N) is 1. The van der Waals surface area contributed by atoms with Crippen molar-refractivity contribution in [2.75, 3.05) is 10.6 Å². The second-order valence-electron chi connectivity index (χ2n) is 5.32. The number of anilines is 3. The number of aryl methyl sites for hydroxylation is 1. The van der Waals surface area contributed by atoms with Crippen molar-refractivity contribution in [2.45, 2.75) is 6.92 Å². The van der Waals surface area contributed by atoms with E-state index >= 15 is 0 Å². The molecule has 0 atom stereocenters. The summed E-state index contributed by atoms with van der Waals surface area (Å²) in [6.45, 7) is 1.98. The smallest absolute Gasteiger partial charge is 0.259 e. The van der Waals surface area contributed by atoms with Gasteiger partial charge in [0.05, 0.1) is 11.3 Å². The summed E-state index contributed by atoms with van der Waals surface area (Å²) in [5.41, 5.74) is 2.39. The molecular weight excluding hydrogens is 305 g/mol. The highest BCUT2D eigenvalue weighted by Crippen LogP contribution is 2.22. The number of hydrogen-bond acceptors (Lipinski definition) is 3. The predicted molar refractivity (Wildman–Crippen MR) is 93.1 cm³/mol. The van der Waals surface area contributed by atoms with Gasteiger partial charge in [-0.15, -0.1) is 0 Å². The van der Waals surface area contributed by atoms with Crippen LogP contribution in [0.15, 0.2) is 66.9 Å². The van der Waals surface area contributed by atoms with E-state index < -0.39 is 5.82 Å². The molecular formula is C19H16FN3O. The van der Waals surface area contributed by atoms with E-state index in [-0.39, 0.29) is 11.6 Å². The number of aromatic nitrogens is 1. The number of rotatable bonds is 4. The Morgan fingerprint density at radius 3 is 2.50 bits per heavy atom. The van der Waals surface area contributed by atoms with Gasteiger partial charge in [0.1, 0.15) is 11.6 Å². The topological polar surface area (TPSA) is 54.0 Å². The van der Waals surface area contributed by atoms with Crippen molar-refractivity contribution >= 4 is 23.1 Å². The summed E-state index contributed by atoms with van der Waals surface area (Å²) in [4.78, 5) is 16.7. The summed E-state index contributed by atoms with van der Waals surface area (Å²) in [6.07, 6.45) is 1.55. The van der Waals surface area contributed by atoms with E-state index in [4.69, 9.17) is 0 Å². The number of carbonyl (C=O) groups is 1. The number of para-hydroxylation sites is 1. The monoisotopic (exact) mass is 321 g/mol. The predicted octanol–water partition coefficient (Wildman–Crippen LogP) is 4.53. The molecule has 0 spiro atoms. The van der Waals surface area contributed by atoms with Gasteiger partial charge in [0.2, 0.25) is 0 Å². The zero-order chi connectivity index (χ0) is 16.9. The highest BCUT2D eigenvalue weighted by Gasteiger charge is 2.14. The van der Waals surface area contributed by atoms with Crippen LogP contribution in [0.25, 0.3) is 0 Å². The van der Waals surface area contributed by atoms with Crippen LogP contribution in [0, 0.1) is 12.7 Å². The molecule has 0 bridgehead atoms. The molecule has 0 aliphatic heterocycles. The van der Waals surface area contributed by atoms with Gasteiger partial charge in [-0.2, -0.15) is 0 Å². The Kier molecular flexibility index (Phi) is 4.52. The minimum absolute atomic E-state index is 0.264. The number of halogens is 1. The number of carbonyl (C=O) groups excluding carboxylic acids is 1. The molecule has 5 heteroatoms. The van der Waals surface area contributed by atoms with E-state index in [9.17, 15) is 9.18 Å². The van der Waals surface area contributed by atoms with Crippen molar-refractivity contribution in [3.8, 4) is 0 Å². The Morgan fingerprint density at radius 2 is 1.75 bits per heavy atom. The van der Waals surface area contributed by atoms with Gasteiger partial charge < -0.3 is 10.6 Å². The van der Waals surface area contributed by atoms with E-state index in [1.165, 1.54) is 6.07 Å². The number of pyridine rings is 1. The average molecular weight is 321 g/mol. The molecule has 0 aliphatic rings. The molecule has 120 valence electrons. The fourth-order valence-electron chi connectivity index (χ4n) is 2.21. The van der Waals surface area contributed by atoms with Crippen molar-refractivity contribution in [1.29, 1.82) is 0 Å². The molecule has 3 aromatic rings. The maximum absolute atomic E-state index is 13.8. The maximum Gasteiger partial charge on any atom is 0.259 e. The molecule has 0 saturated heterocycles. The van der Waals surface area contributed by atoms with Gasteiger partial charge in [-0.3, -0.25) is 4.79 Å². The Morgan fingerprint density at radius 1 is 1.00 bits per heavy atom. The molecule has 2 N–H and O–H groups in total. The molecule has 4 nitrogen and oxygen atoms in total. The highest BCUT2D eigenvalue weighted by atomic mass is 19.1. The minimum Gasteiger partial charge on any atom is -0.337 e. The van der Waals surface area contributed by atoms with Crippen molar-refractivity contribution < 1.29 is 9.18 Å². The zero-order valence-corrected chi connectivity index (χ0v) is 13.1. The summed E-state index contributed by atoms with van der Waals surface area (Å²) >= 11 is 0. The lowest BCUT2D eigenvalue weighted by Gasteiger charge is -2.12. The standard InChI is InChI=1S/C19H16FN3O/c1-13-8-10-14(11-9-13)22-19(24)15-5-4-12-21-18(15)23-17-7-3-2-6-16(17)20/h2-12H,1H3,(H,21,23)(H,22,24). The molecule has 1 aromatic heterocycles. The molecule has 3 rings (SSSR count). The van der Waals surface area contributed by atoms with Crippen LogP contribution in [0.4, 0.5) is 21.6 Å². The zero-order valence-electron chi connectivity index (χ0n) is 13.1. The van der Waals surface area contributed by atoms with Crippen LogP contribution in [0.5, 0.6) is 0 Å². The first-order chi connectivity index (χ1) is 11.6. The lowest BCUT2D eigenvalue weighted by molar-refractivity contribution is 0.102. The number of hydrogen-bond donors (Lipinski definition) is 2. The Balaban J connectivity index is 1.84. The summed E-state index contributed by atoms with van der Waals surface area (Å²) in [6, 6.07) is 17.0. The summed E-state index contributed by atoms with van der Waals surface area (Å²) in [5, 5.41) is 5.68. The molecule has 0 radical (unpaired) electrons. The Labute approximate surface area is 139 Å². The Bertz CT molecular complexity index is 862. The van der Waals surface area contributed by atoms with Crippen LogP contribution in [-0.4, -0.2) is 10.9 Å². The van der Waals surface area contributed by atoms with Crippen molar-refractivity contribution in [2.24, 2.45) is 0 Å². The van der Waals surface area contributed by atoms with Gasteiger partial charge >= 0.3 is 0 Å². The van der Waals surface area contributed by atoms with Crippen LogP contribution in [0.2, 0.25) is 0 Å². The van der Waals surface area contributed by atoms with Gasteiger partial charge in [-0.25, -0.2) is 9.37 Å². The van der Waals surface area contributed by atoms with Crippen molar-refractivity contribution in [3.63, 3.8) is 0 Å². The maximum atomic E-state index is 13.8. The van der Waals surface area contributed by atoms with E-state index in [0.29, 0.717) is 17.1 Å². The van der Waals surface area contributed by atoms with Crippen LogP contribution >= 0.6 is 0 Å². The SMILES string of the molecule is Cc1ccc(NC(=O)c2cccnc2Nc2ccccc2F)cc1. The number of nitrogens with one attached hydrogen (secondary N) is 2. The van der Waals surface area contributed by atoms with Gasteiger partial charge in [0, 0.05) is 11.9 Å². The first-order valence-electron chi connectivity index (χ1n) is 7.48. The van der Waals surface area contributed by atoms with E-state index in [1.54, 1.807) is 36.5 Å². The minimum atomic E-state index is -0.409. The second kappa shape index (κ2) is 6.91. The van der Waals surface area contributed by atoms with Crippen molar-refractivity contribution in [1.82, 2.24) is 4.98 Å². The largest absolute Gasteiger partial charge is 0.337 e. The van der Waals surface area contributed by atoms with Crippen LogP contribution < -0.4 is 10.6 Å². The molecule has 0 fully saturated rings. The van der Waals surface area contributed by atoms with E-state index in [1.807, 2.05) is 31.2 Å². The number of amides is 1. The van der Waals surface area contributed by atoms with Crippen LogP contribution in [-0.2, 0) is 0 Å². The summed E-state index contributed by atoms with van der Waals surface area (Å²) in [5.74, 6) is -0.425. The third-order valence-corrected chi connectivity index (χ3v) is 3.49. The van der Waals surface area contributed by atoms with Gasteiger partial charge in [0.25, 0.3) is 5.91 Å². The lowest BCUT2D eigenvalue weighted by Crippen LogP contribution is -2.14. The van der Waals surface area contributed by atoms with Crippen LogP contribution in [0.3, 0.4) is 0 Å².